The molecule has 25 heavy (non-hydrogen) atoms. The van der Waals surface area contributed by atoms with Gasteiger partial charge in [0.1, 0.15) is 11.3 Å². The van der Waals surface area contributed by atoms with Crippen LogP contribution in [0, 0.1) is 10.1 Å². The first-order valence-corrected chi connectivity index (χ1v) is 8.00. The number of carbonyl (C=O) groups is 1. The van der Waals surface area contributed by atoms with Gasteiger partial charge in [0.2, 0.25) is 5.15 Å². The van der Waals surface area contributed by atoms with Gasteiger partial charge in [-0.15, -0.1) is 0 Å². The lowest BCUT2D eigenvalue weighted by molar-refractivity contribution is -0.384. The fraction of sp³-hybridized carbons (Fsp3) is 0.375. The minimum atomic E-state index is -0.592. The quantitative estimate of drug-likeness (QED) is 0.361. The first-order valence-electron chi connectivity index (χ1n) is 7.62. The zero-order valence-electron chi connectivity index (χ0n) is 14.1. The van der Waals surface area contributed by atoms with E-state index in [0.29, 0.717) is 10.9 Å². The van der Waals surface area contributed by atoms with Gasteiger partial charge in [-0.25, -0.2) is 9.78 Å². The molecule has 0 aliphatic heterocycles. The van der Waals surface area contributed by atoms with E-state index in [1.165, 1.54) is 0 Å². The van der Waals surface area contributed by atoms with Gasteiger partial charge in [-0.05, 0) is 26.8 Å². The number of fused-ring (bicyclic) bond motifs is 1. The maximum atomic E-state index is 11.6. The van der Waals surface area contributed by atoms with E-state index in [2.05, 4.69) is 15.6 Å². The van der Waals surface area contributed by atoms with E-state index in [4.69, 9.17) is 16.3 Å². The third-order valence-corrected chi connectivity index (χ3v) is 3.37. The number of para-hydroxylation sites is 1. The molecule has 0 atom stereocenters. The fourth-order valence-corrected chi connectivity index (χ4v) is 2.44. The Hall–Kier alpha value is -2.61. The molecule has 8 nitrogen and oxygen atoms in total. The Labute approximate surface area is 149 Å². The molecular formula is C16H19ClN4O4. The van der Waals surface area contributed by atoms with Crippen LogP contribution in [0.1, 0.15) is 20.8 Å². The molecule has 1 aromatic heterocycles. The SMILES string of the molecule is CC(C)(C)OC(=O)NCCNc1c([N+](=O)[O-])c(Cl)nc2ccccc12. The number of hydrogen-bond donors (Lipinski definition) is 2. The molecule has 2 aromatic rings. The lowest BCUT2D eigenvalue weighted by Gasteiger charge is -2.19. The summed E-state index contributed by atoms with van der Waals surface area (Å²) in [6.45, 7) is 5.77. The fourth-order valence-electron chi connectivity index (χ4n) is 2.18. The number of aromatic nitrogens is 1. The van der Waals surface area contributed by atoms with Gasteiger partial charge in [-0.1, -0.05) is 29.8 Å². The Bertz CT molecular complexity index is 805. The van der Waals surface area contributed by atoms with Crippen LogP contribution in [-0.4, -0.2) is 34.7 Å². The molecule has 0 unspecified atom stereocenters. The van der Waals surface area contributed by atoms with Gasteiger partial charge in [0.15, 0.2) is 0 Å². The molecule has 1 heterocycles. The molecule has 0 spiro atoms. The first-order chi connectivity index (χ1) is 11.7. The summed E-state index contributed by atoms with van der Waals surface area (Å²) in [5.74, 6) is 0. The van der Waals surface area contributed by atoms with Crippen LogP contribution < -0.4 is 10.6 Å². The van der Waals surface area contributed by atoms with Crippen molar-refractivity contribution < 1.29 is 14.5 Å². The molecule has 1 amide bonds. The van der Waals surface area contributed by atoms with Crippen molar-refractivity contribution in [2.75, 3.05) is 18.4 Å². The lowest BCUT2D eigenvalue weighted by atomic mass is 10.1. The summed E-state index contributed by atoms with van der Waals surface area (Å²) in [5, 5.41) is 17.3. The van der Waals surface area contributed by atoms with Crippen LogP contribution in [0.15, 0.2) is 24.3 Å². The van der Waals surface area contributed by atoms with Crippen molar-refractivity contribution in [3.8, 4) is 0 Å². The number of hydrogen-bond acceptors (Lipinski definition) is 6. The summed E-state index contributed by atoms with van der Waals surface area (Å²) in [6, 6.07) is 6.96. The smallest absolute Gasteiger partial charge is 0.407 e. The van der Waals surface area contributed by atoms with Crippen molar-refractivity contribution in [1.82, 2.24) is 10.3 Å². The molecule has 0 aliphatic rings. The van der Waals surface area contributed by atoms with Gasteiger partial charge in [-0.2, -0.15) is 0 Å². The van der Waals surface area contributed by atoms with Gasteiger partial charge in [0.25, 0.3) is 0 Å². The average Bonchev–Trinajstić information content (AvgIpc) is 2.48. The van der Waals surface area contributed by atoms with Gasteiger partial charge in [-0.3, -0.25) is 10.1 Å². The lowest BCUT2D eigenvalue weighted by Crippen LogP contribution is -2.35. The summed E-state index contributed by atoms with van der Waals surface area (Å²) in [7, 11) is 0. The monoisotopic (exact) mass is 366 g/mol. The number of nitrogens with one attached hydrogen (secondary N) is 2. The van der Waals surface area contributed by atoms with Crippen molar-refractivity contribution in [2.24, 2.45) is 0 Å². The van der Waals surface area contributed by atoms with Gasteiger partial charge < -0.3 is 15.4 Å². The molecule has 134 valence electrons. The molecule has 9 heteroatoms. The second-order valence-electron chi connectivity index (χ2n) is 6.26. The topological polar surface area (TPSA) is 106 Å². The van der Waals surface area contributed by atoms with E-state index in [0.717, 1.165) is 0 Å². The number of rotatable bonds is 5. The summed E-state index contributed by atoms with van der Waals surface area (Å²) in [6.07, 6.45) is -0.554. The molecule has 2 N–H and O–H groups in total. The highest BCUT2D eigenvalue weighted by atomic mass is 35.5. The van der Waals surface area contributed by atoms with Crippen LogP contribution in [-0.2, 0) is 4.74 Å². The van der Waals surface area contributed by atoms with Crippen LogP contribution in [0.3, 0.4) is 0 Å². The molecule has 0 aliphatic carbocycles. The second-order valence-corrected chi connectivity index (χ2v) is 6.61. The minimum absolute atomic E-state index is 0.189. The molecule has 0 fully saturated rings. The maximum absolute atomic E-state index is 11.6. The number of anilines is 1. The van der Waals surface area contributed by atoms with E-state index in [9.17, 15) is 14.9 Å². The van der Waals surface area contributed by atoms with E-state index in [1.807, 2.05) is 0 Å². The number of nitrogens with zero attached hydrogens (tertiary/aromatic N) is 2. The van der Waals surface area contributed by atoms with Crippen molar-refractivity contribution in [2.45, 2.75) is 26.4 Å². The van der Waals surface area contributed by atoms with Gasteiger partial charge in [0, 0.05) is 18.5 Å². The van der Waals surface area contributed by atoms with E-state index in [1.54, 1.807) is 45.0 Å². The summed E-state index contributed by atoms with van der Waals surface area (Å²) >= 11 is 5.96. The number of benzene rings is 1. The number of halogens is 1. The number of ether oxygens (including phenoxy) is 1. The molecule has 0 saturated carbocycles. The van der Waals surface area contributed by atoms with E-state index >= 15 is 0 Å². The predicted molar refractivity (Wildman–Crippen MR) is 96.1 cm³/mol. The standard InChI is InChI=1S/C16H19ClN4O4/c1-16(2,3)25-15(22)19-9-8-18-12-10-6-4-5-7-11(10)20-14(17)13(12)21(23)24/h4-7H,8-9H2,1-3H3,(H,18,20)(H,19,22). The van der Waals surface area contributed by atoms with Crippen LogP contribution in [0.2, 0.25) is 5.15 Å². The molecule has 2 rings (SSSR count). The summed E-state index contributed by atoms with van der Waals surface area (Å²) in [4.78, 5) is 26.4. The van der Waals surface area contributed by atoms with Crippen LogP contribution in [0.25, 0.3) is 10.9 Å². The molecular weight excluding hydrogens is 348 g/mol. The van der Waals surface area contributed by atoms with E-state index < -0.39 is 16.6 Å². The largest absolute Gasteiger partial charge is 0.444 e. The predicted octanol–water partition coefficient (Wildman–Crippen LogP) is 3.73. The highest BCUT2D eigenvalue weighted by Gasteiger charge is 2.23. The third-order valence-electron chi connectivity index (χ3n) is 3.10. The van der Waals surface area contributed by atoms with Gasteiger partial charge >= 0.3 is 11.8 Å². The average molecular weight is 367 g/mol. The number of amides is 1. The zero-order chi connectivity index (χ0) is 18.6. The van der Waals surface area contributed by atoms with Crippen molar-refractivity contribution in [1.29, 1.82) is 0 Å². The van der Waals surface area contributed by atoms with Gasteiger partial charge in [0.05, 0.1) is 10.4 Å². The maximum Gasteiger partial charge on any atom is 0.407 e. The minimum Gasteiger partial charge on any atom is -0.444 e. The normalized spacial score (nSPS) is 11.2. The number of carbonyl (C=O) groups excluding carboxylic acids is 1. The summed E-state index contributed by atoms with van der Waals surface area (Å²) in [5.41, 5.74) is -0.0737. The van der Waals surface area contributed by atoms with Crippen LogP contribution in [0.4, 0.5) is 16.2 Å². The van der Waals surface area contributed by atoms with E-state index in [-0.39, 0.29) is 29.6 Å². The first kappa shape index (κ1) is 18.7. The number of nitro groups is 1. The number of alkyl carbamates (subject to hydrolysis) is 1. The second kappa shape index (κ2) is 7.52. The Morgan fingerprint density at radius 1 is 1.32 bits per heavy atom. The number of pyridine rings is 1. The molecule has 0 bridgehead atoms. The van der Waals surface area contributed by atoms with Crippen LogP contribution in [0.5, 0.6) is 0 Å². The Kier molecular flexibility index (Phi) is 5.63. The summed E-state index contributed by atoms with van der Waals surface area (Å²) < 4.78 is 5.12. The van der Waals surface area contributed by atoms with Crippen molar-refractivity contribution >= 4 is 40.0 Å². The Balaban J connectivity index is 2.13. The zero-order valence-corrected chi connectivity index (χ0v) is 14.9. The molecule has 1 aromatic carbocycles. The van der Waals surface area contributed by atoms with Crippen molar-refractivity contribution in [3.05, 3.63) is 39.5 Å². The molecule has 0 radical (unpaired) electrons. The highest BCUT2D eigenvalue weighted by molar-refractivity contribution is 6.33. The third kappa shape index (κ3) is 4.93. The van der Waals surface area contributed by atoms with Crippen LogP contribution >= 0.6 is 11.6 Å². The highest BCUT2D eigenvalue weighted by Crippen LogP contribution is 2.36. The Morgan fingerprint density at radius 3 is 2.64 bits per heavy atom. The van der Waals surface area contributed by atoms with Crippen molar-refractivity contribution in [3.63, 3.8) is 0 Å². The molecule has 0 saturated heterocycles. The Morgan fingerprint density at radius 2 is 2.00 bits per heavy atom.